The number of benzene rings is 1. The van der Waals surface area contributed by atoms with Crippen LogP contribution >= 0.6 is 0 Å². The molecule has 0 aromatic heterocycles. The van der Waals surface area contributed by atoms with Crippen molar-refractivity contribution in [3.05, 3.63) is 47.5 Å². The summed E-state index contributed by atoms with van der Waals surface area (Å²) in [6.45, 7) is 8.99. The predicted octanol–water partition coefficient (Wildman–Crippen LogP) is 6.26. The van der Waals surface area contributed by atoms with E-state index in [1.807, 2.05) is 0 Å². The summed E-state index contributed by atoms with van der Waals surface area (Å²) in [5.41, 5.74) is 2.86. The lowest BCUT2D eigenvalue weighted by Gasteiger charge is -2.16. The van der Waals surface area contributed by atoms with Crippen LogP contribution in [0, 0.1) is 12.8 Å². The maximum absolute atomic E-state index is 2.40. The first-order valence-electron chi connectivity index (χ1n) is 7.90. The number of hydrogen-bond donors (Lipinski definition) is 0. The maximum atomic E-state index is 2.40. The van der Waals surface area contributed by atoms with E-state index in [0.29, 0.717) is 11.8 Å². The van der Waals surface area contributed by atoms with Crippen LogP contribution in [-0.2, 0) is 0 Å². The first-order valence-corrected chi connectivity index (χ1v) is 7.90. The van der Waals surface area contributed by atoms with Gasteiger partial charge >= 0.3 is 0 Å². The SMILES string of the molecule is CCCCC(C/C=C\[C@@H](C)CC)c1ccc(C)cc1. The summed E-state index contributed by atoms with van der Waals surface area (Å²) >= 11 is 0. The van der Waals surface area contributed by atoms with Gasteiger partial charge in [-0.05, 0) is 37.2 Å². The molecule has 0 aliphatic rings. The fourth-order valence-electron chi connectivity index (χ4n) is 2.32. The van der Waals surface area contributed by atoms with Crippen LogP contribution in [0.15, 0.2) is 36.4 Å². The van der Waals surface area contributed by atoms with Gasteiger partial charge in [-0.15, -0.1) is 0 Å². The molecule has 0 amide bonds. The average Bonchev–Trinajstić information content (AvgIpc) is 2.43. The fraction of sp³-hybridized carbons (Fsp3) is 0.579. The van der Waals surface area contributed by atoms with Crippen LogP contribution in [-0.4, -0.2) is 0 Å². The summed E-state index contributed by atoms with van der Waals surface area (Å²) in [5.74, 6) is 1.41. The number of unbranched alkanes of at least 4 members (excludes halogenated alkanes) is 1. The molecule has 0 nitrogen and oxygen atoms in total. The maximum Gasteiger partial charge on any atom is -0.0127 e. The van der Waals surface area contributed by atoms with E-state index in [1.54, 1.807) is 0 Å². The molecular formula is C19H30. The van der Waals surface area contributed by atoms with Crippen LogP contribution in [0.2, 0.25) is 0 Å². The Labute approximate surface area is 119 Å². The second kappa shape index (κ2) is 8.96. The molecule has 1 aromatic rings. The van der Waals surface area contributed by atoms with E-state index in [2.05, 4.69) is 64.1 Å². The van der Waals surface area contributed by atoms with Gasteiger partial charge in [0, 0.05) is 0 Å². The number of allylic oxidation sites excluding steroid dienone is 2. The van der Waals surface area contributed by atoms with Gasteiger partial charge in [0.1, 0.15) is 0 Å². The number of aryl methyl sites for hydroxylation is 1. The Bertz CT molecular complexity index is 358. The average molecular weight is 258 g/mol. The zero-order chi connectivity index (χ0) is 14.1. The minimum atomic E-state index is 0.695. The highest BCUT2D eigenvalue weighted by molar-refractivity contribution is 5.25. The van der Waals surface area contributed by atoms with E-state index < -0.39 is 0 Å². The second-order valence-corrected chi connectivity index (χ2v) is 5.80. The van der Waals surface area contributed by atoms with Crippen LogP contribution in [0.1, 0.15) is 69.9 Å². The van der Waals surface area contributed by atoms with Crippen molar-refractivity contribution < 1.29 is 0 Å². The monoisotopic (exact) mass is 258 g/mol. The van der Waals surface area contributed by atoms with Crippen molar-refractivity contribution in [2.75, 3.05) is 0 Å². The molecule has 0 N–H and O–H groups in total. The van der Waals surface area contributed by atoms with Crippen LogP contribution in [0.5, 0.6) is 0 Å². The third-order valence-corrected chi connectivity index (χ3v) is 3.98. The Morgan fingerprint density at radius 3 is 2.37 bits per heavy atom. The largest absolute Gasteiger partial charge is 0.0877 e. The highest BCUT2D eigenvalue weighted by Crippen LogP contribution is 2.26. The predicted molar refractivity (Wildman–Crippen MR) is 86.7 cm³/mol. The van der Waals surface area contributed by atoms with Gasteiger partial charge in [0.15, 0.2) is 0 Å². The van der Waals surface area contributed by atoms with Crippen LogP contribution in [0.4, 0.5) is 0 Å². The van der Waals surface area contributed by atoms with Crippen molar-refractivity contribution in [1.82, 2.24) is 0 Å². The van der Waals surface area contributed by atoms with E-state index in [9.17, 15) is 0 Å². The Kier molecular flexibility index (Phi) is 7.55. The quantitative estimate of drug-likeness (QED) is 0.483. The topological polar surface area (TPSA) is 0 Å². The molecule has 106 valence electrons. The molecule has 1 aromatic carbocycles. The highest BCUT2D eigenvalue weighted by Gasteiger charge is 2.09. The summed E-state index contributed by atoms with van der Waals surface area (Å²) in [7, 11) is 0. The van der Waals surface area contributed by atoms with Crippen LogP contribution < -0.4 is 0 Å². The van der Waals surface area contributed by atoms with Crippen LogP contribution in [0.25, 0.3) is 0 Å². The molecule has 0 aliphatic heterocycles. The van der Waals surface area contributed by atoms with Crippen molar-refractivity contribution in [2.24, 2.45) is 5.92 Å². The van der Waals surface area contributed by atoms with Crippen molar-refractivity contribution in [3.63, 3.8) is 0 Å². The van der Waals surface area contributed by atoms with Gasteiger partial charge in [0.25, 0.3) is 0 Å². The van der Waals surface area contributed by atoms with E-state index in [-0.39, 0.29) is 0 Å². The normalized spacial score (nSPS) is 14.7. The van der Waals surface area contributed by atoms with Crippen LogP contribution in [0.3, 0.4) is 0 Å². The highest BCUT2D eigenvalue weighted by atomic mass is 14.1. The number of rotatable bonds is 8. The Balaban J connectivity index is 2.66. The molecule has 0 aliphatic carbocycles. The van der Waals surface area contributed by atoms with Gasteiger partial charge < -0.3 is 0 Å². The number of hydrogen-bond acceptors (Lipinski definition) is 0. The standard InChI is InChI=1S/C19H30/c1-5-7-10-18(11-8-9-16(3)6-2)19-14-12-17(4)13-15-19/h8-9,12-16,18H,5-7,10-11H2,1-4H3/b9-8-/t16-,18?/m0/s1. The third kappa shape index (κ3) is 6.09. The first-order chi connectivity index (χ1) is 9.17. The molecule has 0 saturated heterocycles. The molecule has 0 heterocycles. The van der Waals surface area contributed by atoms with Gasteiger partial charge in [-0.2, -0.15) is 0 Å². The molecule has 0 fully saturated rings. The summed E-state index contributed by atoms with van der Waals surface area (Å²) in [5, 5.41) is 0. The molecule has 0 bridgehead atoms. The van der Waals surface area contributed by atoms with Gasteiger partial charge in [0.05, 0.1) is 0 Å². The molecule has 0 radical (unpaired) electrons. The van der Waals surface area contributed by atoms with Gasteiger partial charge in [0.2, 0.25) is 0 Å². The lowest BCUT2D eigenvalue weighted by Crippen LogP contribution is -1.98. The van der Waals surface area contributed by atoms with Crippen molar-refractivity contribution in [1.29, 1.82) is 0 Å². The first kappa shape index (κ1) is 16.0. The van der Waals surface area contributed by atoms with E-state index in [4.69, 9.17) is 0 Å². The zero-order valence-electron chi connectivity index (χ0n) is 13.2. The molecule has 1 rings (SSSR count). The minimum absolute atomic E-state index is 0.695. The summed E-state index contributed by atoms with van der Waals surface area (Å²) in [6.07, 6.45) is 11.1. The molecule has 0 spiro atoms. The van der Waals surface area contributed by atoms with E-state index >= 15 is 0 Å². The molecule has 1 unspecified atom stereocenters. The molecule has 0 saturated carbocycles. The van der Waals surface area contributed by atoms with Gasteiger partial charge in [-0.1, -0.05) is 82.0 Å². The molecule has 0 heteroatoms. The fourth-order valence-corrected chi connectivity index (χ4v) is 2.32. The molecular weight excluding hydrogens is 228 g/mol. The Morgan fingerprint density at radius 2 is 1.79 bits per heavy atom. The summed E-state index contributed by atoms with van der Waals surface area (Å²) in [6, 6.07) is 9.11. The molecule has 19 heavy (non-hydrogen) atoms. The lowest BCUT2D eigenvalue weighted by atomic mass is 9.89. The van der Waals surface area contributed by atoms with Crippen molar-refractivity contribution >= 4 is 0 Å². The smallest absolute Gasteiger partial charge is 0.0127 e. The third-order valence-electron chi connectivity index (χ3n) is 3.98. The van der Waals surface area contributed by atoms with E-state index in [1.165, 1.54) is 43.2 Å². The summed E-state index contributed by atoms with van der Waals surface area (Å²) in [4.78, 5) is 0. The van der Waals surface area contributed by atoms with E-state index in [0.717, 1.165) is 0 Å². The van der Waals surface area contributed by atoms with Crippen molar-refractivity contribution in [2.45, 2.75) is 65.7 Å². The Hall–Kier alpha value is -1.04. The zero-order valence-corrected chi connectivity index (χ0v) is 13.2. The molecule has 2 atom stereocenters. The Morgan fingerprint density at radius 1 is 1.11 bits per heavy atom. The minimum Gasteiger partial charge on any atom is -0.0877 e. The van der Waals surface area contributed by atoms with Gasteiger partial charge in [-0.25, -0.2) is 0 Å². The van der Waals surface area contributed by atoms with Crippen molar-refractivity contribution in [3.8, 4) is 0 Å². The summed E-state index contributed by atoms with van der Waals surface area (Å²) < 4.78 is 0. The lowest BCUT2D eigenvalue weighted by molar-refractivity contribution is 0.586. The van der Waals surface area contributed by atoms with Gasteiger partial charge in [-0.3, -0.25) is 0 Å². The second-order valence-electron chi connectivity index (χ2n) is 5.80.